The van der Waals surface area contributed by atoms with Gasteiger partial charge in [0.1, 0.15) is 5.75 Å². The number of phenols is 1. The number of carbonyl (C=O) groups excluding carboxylic acids is 1. The van der Waals surface area contributed by atoms with E-state index in [-0.39, 0.29) is 5.75 Å². The van der Waals surface area contributed by atoms with Gasteiger partial charge in [0.2, 0.25) is 5.91 Å². The van der Waals surface area contributed by atoms with Crippen molar-refractivity contribution >= 4 is 21.8 Å². The van der Waals surface area contributed by atoms with E-state index in [2.05, 4.69) is 22.0 Å². The Morgan fingerprint density at radius 2 is 1.96 bits per heavy atom. The van der Waals surface area contributed by atoms with Gasteiger partial charge in [-0.15, -0.1) is 0 Å². The second kappa shape index (κ2) is 5.39. The third-order valence-electron chi connectivity index (χ3n) is 4.54. The molecule has 5 heteroatoms. The molecule has 4 nitrogen and oxygen atoms in total. The lowest BCUT2D eigenvalue weighted by Gasteiger charge is -2.21. The third kappa shape index (κ3) is 2.22. The molecule has 0 aromatic heterocycles. The summed E-state index contributed by atoms with van der Waals surface area (Å²) in [6.07, 6.45) is 1.11. The maximum atomic E-state index is 11.9. The van der Waals surface area contributed by atoms with E-state index in [0.29, 0.717) is 28.4 Å². The highest BCUT2D eigenvalue weighted by atomic mass is 79.9. The second-order valence-electron chi connectivity index (χ2n) is 5.84. The molecule has 0 bridgehead atoms. The molecule has 1 saturated carbocycles. The van der Waals surface area contributed by atoms with Gasteiger partial charge in [-0.3, -0.25) is 4.79 Å². The standard InChI is InChI=1S/C18H15BrN2O2/c1-10-12(9-20)14(18(7-8-18)17(21)23)16(22)15(19)13(10)11-5-3-2-4-6-11/h2-6,22H,7-8H2,1H3,(H2,21,23). The molecule has 2 aromatic carbocycles. The zero-order chi connectivity index (χ0) is 16.8. The SMILES string of the molecule is Cc1c(C#N)c(C2(C(N)=O)CC2)c(O)c(Br)c1-c1ccccc1. The van der Waals surface area contributed by atoms with Gasteiger partial charge in [0.25, 0.3) is 0 Å². The first kappa shape index (κ1) is 15.6. The highest BCUT2D eigenvalue weighted by Crippen LogP contribution is 2.56. The summed E-state index contributed by atoms with van der Waals surface area (Å²) in [7, 11) is 0. The molecule has 1 amide bonds. The maximum absolute atomic E-state index is 11.9. The monoisotopic (exact) mass is 370 g/mol. The molecule has 1 aliphatic rings. The van der Waals surface area contributed by atoms with E-state index in [4.69, 9.17) is 5.73 Å². The molecule has 116 valence electrons. The van der Waals surface area contributed by atoms with Crippen LogP contribution in [0.25, 0.3) is 11.1 Å². The normalized spacial score (nSPS) is 15.0. The molecular weight excluding hydrogens is 356 g/mol. The number of nitriles is 1. The molecule has 0 saturated heterocycles. The number of primary amides is 1. The van der Waals surface area contributed by atoms with Crippen molar-refractivity contribution in [3.05, 3.63) is 51.5 Å². The fraction of sp³-hybridized carbons (Fsp3) is 0.222. The van der Waals surface area contributed by atoms with Crippen molar-refractivity contribution in [3.63, 3.8) is 0 Å². The minimum absolute atomic E-state index is 0.0673. The Bertz CT molecular complexity index is 850. The Balaban J connectivity index is 2.36. The van der Waals surface area contributed by atoms with Gasteiger partial charge in [0.05, 0.1) is 21.5 Å². The van der Waals surface area contributed by atoms with Crippen LogP contribution in [0.5, 0.6) is 5.75 Å². The predicted octanol–water partition coefficient (Wildman–Crippen LogP) is 3.52. The summed E-state index contributed by atoms with van der Waals surface area (Å²) in [6, 6.07) is 11.7. The molecule has 0 unspecified atom stereocenters. The van der Waals surface area contributed by atoms with Crippen LogP contribution in [-0.2, 0) is 10.2 Å². The van der Waals surface area contributed by atoms with Crippen LogP contribution in [0.15, 0.2) is 34.8 Å². The number of amides is 1. The molecule has 3 rings (SSSR count). The first-order chi connectivity index (χ1) is 10.9. The third-order valence-corrected chi connectivity index (χ3v) is 5.31. The number of nitrogens with two attached hydrogens (primary N) is 1. The zero-order valence-corrected chi connectivity index (χ0v) is 14.1. The fourth-order valence-corrected chi connectivity index (χ4v) is 3.85. The predicted molar refractivity (Wildman–Crippen MR) is 90.8 cm³/mol. The number of benzene rings is 2. The van der Waals surface area contributed by atoms with Crippen LogP contribution >= 0.6 is 15.9 Å². The smallest absolute Gasteiger partial charge is 0.228 e. The van der Waals surface area contributed by atoms with Crippen LogP contribution in [0.2, 0.25) is 0 Å². The van der Waals surface area contributed by atoms with E-state index in [1.807, 2.05) is 37.3 Å². The Morgan fingerprint density at radius 1 is 1.35 bits per heavy atom. The topological polar surface area (TPSA) is 87.1 Å². The van der Waals surface area contributed by atoms with Crippen LogP contribution in [0.4, 0.5) is 0 Å². The molecule has 0 atom stereocenters. The minimum atomic E-state index is -0.919. The number of aromatic hydroxyl groups is 1. The summed E-state index contributed by atoms with van der Waals surface area (Å²) < 4.78 is 0.489. The Hall–Kier alpha value is -2.32. The number of hydrogen-bond donors (Lipinski definition) is 2. The van der Waals surface area contributed by atoms with Gasteiger partial charge < -0.3 is 10.8 Å². The molecule has 0 spiro atoms. The van der Waals surface area contributed by atoms with Gasteiger partial charge in [0, 0.05) is 11.1 Å². The largest absolute Gasteiger partial charge is 0.506 e. The number of rotatable bonds is 3. The second-order valence-corrected chi connectivity index (χ2v) is 6.63. The van der Waals surface area contributed by atoms with Gasteiger partial charge in [-0.1, -0.05) is 30.3 Å². The molecule has 2 aromatic rings. The molecule has 0 aliphatic heterocycles. The van der Waals surface area contributed by atoms with E-state index in [1.165, 1.54) is 0 Å². The van der Waals surface area contributed by atoms with Crippen molar-refractivity contribution in [1.29, 1.82) is 5.26 Å². The Morgan fingerprint density at radius 3 is 2.43 bits per heavy atom. The van der Waals surface area contributed by atoms with Gasteiger partial charge >= 0.3 is 0 Å². The first-order valence-electron chi connectivity index (χ1n) is 7.25. The van der Waals surface area contributed by atoms with Crippen molar-refractivity contribution < 1.29 is 9.90 Å². The maximum Gasteiger partial charge on any atom is 0.228 e. The average Bonchev–Trinajstić information content (AvgIpc) is 3.33. The molecular formula is C18H15BrN2O2. The van der Waals surface area contributed by atoms with Crippen molar-refractivity contribution in [2.75, 3.05) is 0 Å². The summed E-state index contributed by atoms with van der Waals surface area (Å²) in [6.45, 7) is 1.83. The lowest BCUT2D eigenvalue weighted by atomic mass is 9.84. The highest BCUT2D eigenvalue weighted by molar-refractivity contribution is 9.10. The minimum Gasteiger partial charge on any atom is -0.506 e. The number of carbonyl (C=O) groups is 1. The fourth-order valence-electron chi connectivity index (χ4n) is 3.12. The Labute approximate surface area is 142 Å². The van der Waals surface area contributed by atoms with Gasteiger partial charge in [0.15, 0.2) is 0 Å². The summed E-state index contributed by atoms with van der Waals surface area (Å²) in [5, 5.41) is 20.3. The van der Waals surface area contributed by atoms with Crippen molar-refractivity contribution in [2.45, 2.75) is 25.2 Å². The summed E-state index contributed by atoms with van der Waals surface area (Å²) in [4.78, 5) is 11.9. The quantitative estimate of drug-likeness (QED) is 0.866. The Kier molecular flexibility index (Phi) is 3.65. The van der Waals surface area contributed by atoms with E-state index in [1.54, 1.807) is 0 Å². The van der Waals surface area contributed by atoms with Crippen LogP contribution in [0, 0.1) is 18.3 Å². The molecule has 3 N–H and O–H groups in total. The number of halogens is 1. The van der Waals surface area contributed by atoms with Crippen molar-refractivity contribution in [2.24, 2.45) is 5.73 Å². The summed E-state index contributed by atoms with van der Waals surface area (Å²) >= 11 is 3.44. The highest BCUT2D eigenvalue weighted by Gasteiger charge is 2.53. The van der Waals surface area contributed by atoms with Gasteiger partial charge in [-0.2, -0.15) is 5.26 Å². The van der Waals surface area contributed by atoms with E-state index >= 15 is 0 Å². The number of phenolic OH excluding ortho intramolecular Hbond substituents is 1. The van der Waals surface area contributed by atoms with Crippen molar-refractivity contribution in [1.82, 2.24) is 0 Å². The number of hydrogen-bond acceptors (Lipinski definition) is 3. The molecule has 1 fully saturated rings. The van der Waals surface area contributed by atoms with Gasteiger partial charge in [-0.25, -0.2) is 0 Å². The molecule has 0 radical (unpaired) electrons. The van der Waals surface area contributed by atoms with E-state index < -0.39 is 11.3 Å². The lowest BCUT2D eigenvalue weighted by molar-refractivity contribution is -0.120. The molecule has 23 heavy (non-hydrogen) atoms. The van der Waals surface area contributed by atoms with E-state index in [0.717, 1.165) is 16.7 Å². The summed E-state index contributed by atoms with van der Waals surface area (Å²) in [5.41, 5.74) is 7.67. The first-order valence-corrected chi connectivity index (χ1v) is 8.04. The van der Waals surface area contributed by atoms with Crippen molar-refractivity contribution in [3.8, 4) is 22.9 Å². The van der Waals surface area contributed by atoms with Crippen LogP contribution in [0.1, 0.15) is 29.5 Å². The lowest BCUT2D eigenvalue weighted by Crippen LogP contribution is -2.29. The summed E-state index contributed by atoms with van der Waals surface area (Å²) in [5.74, 6) is -0.564. The van der Waals surface area contributed by atoms with Gasteiger partial charge in [-0.05, 0) is 46.8 Å². The molecule has 0 heterocycles. The van der Waals surface area contributed by atoms with Crippen LogP contribution < -0.4 is 5.73 Å². The number of nitrogens with zero attached hydrogens (tertiary/aromatic N) is 1. The zero-order valence-electron chi connectivity index (χ0n) is 12.6. The molecule has 1 aliphatic carbocycles. The van der Waals surface area contributed by atoms with Crippen LogP contribution in [-0.4, -0.2) is 11.0 Å². The average molecular weight is 371 g/mol. The van der Waals surface area contributed by atoms with Crippen LogP contribution in [0.3, 0.4) is 0 Å². The van der Waals surface area contributed by atoms with E-state index in [9.17, 15) is 15.2 Å².